The summed E-state index contributed by atoms with van der Waals surface area (Å²) in [5, 5.41) is 18.9. The van der Waals surface area contributed by atoms with Gasteiger partial charge < -0.3 is 20.1 Å². The van der Waals surface area contributed by atoms with E-state index in [4.69, 9.17) is 4.74 Å². The Morgan fingerprint density at radius 1 is 1.33 bits per heavy atom. The zero-order valence-corrected chi connectivity index (χ0v) is 17.1. The number of aromatic amines is 1. The SMILES string of the molecule is CC[C@]1(O)CC[C@@H](Nc2nc(OC)c3c(-c4ccn5ncnc5c4)c[nH]c3n2)CC1. The van der Waals surface area contributed by atoms with Gasteiger partial charge in [-0.2, -0.15) is 15.1 Å². The molecule has 4 aromatic rings. The van der Waals surface area contributed by atoms with Gasteiger partial charge >= 0.3 is 0 Å². The Bertz CT molecular complexity index is 1190. The molecule has 0 spiro atoms. The van der Waals surface area contributed by atoms with Gasteiger partial charge in [0, 0.05) is 24.0 Å². The first-order chi connectivity index (χ1) is 14.6. The summed E-state index contributed by atoms with van der Waals surface area (Å²) in [6.45, 7) is 2.04. The normalized spacial score (nSPS) is 21.9. The molecular weight excluding hydrogens is 382 g/mol. The molecule has 156 valence electrons. The first-order valence-electron chi connectivity index (χ1n) is 10.3. The molecule has 5 rings (SSSR count). The molecule has 0 bridgehead atoms. The Labute approximate surface area is 173 Å². The highest BCUT2D eigenvalue weighted by molar-refractivity contribution is 5.98. The number of hydrogen-bond acceptors (Lipinski definition) is 7. The average Bonchev–Trinajstić information content (AvgIpc) is 3.41. The van der Waals surface area contributed by atoms with E-state index in [0.29, 0.717) is 17.5 Å². The summed E-state index contributed by atoms with van der Waals surface area (Å²) in [5.41, 5.74) is 2.88. The molecule has 0 radical (unpaired) electrons. The molecule has 9 heteroatoms. The first-order valence-corrected chi connectivity index (χ1v) is 10.3. The van der Waals surface area contributed by atoms with Crippen LogP contribution in [0.4, 0.5) is 5.95 Å². The molecule has 0 aliphatic heterocycles. The van der Waals surface area contributed by atoms with E-state index in [9.17, 15) is 5.11 Å². The number of H-pyrrole nitrogens is 1. The maximum absolute atomic E-state index is 10.5. The highest BCUT2D eigenvalue weighted by Gasteiger charge is 2.31. The van der Waals surface area contributed by atoms with Crippen molar-refractivity contribution in [1.82, 2.24) is 29.5 Å². The second-order valence-electron chi connectivity index (χ2n) is 7.96. The zero-order chi connectivity index (χ0) is 20.7. The van der Waals surface area contributed by atoms with Crippen LogP contribution >= 0.6 is 0 Å². The van der Waals surface area contributed by atoms with Crippen LogP contribution in [0, 0.1) is 0 Å². The summed E-state index contributed by atoms with van der Waals surface area (Å²) in [6, 6.07) is 4.19. The van der Waals surface area contributed by atoms with Crippen LogP contribution in [0.5, 0.6) is 5.88 Å². The molecule has 4 aromatic heterocycles. The third-order valence-corrected chi connectivity index (χ3v) is 6.19. The molecule has 0 unspecified atom stereocenters. The Hall–Kier alpha value is -3.20. The van der Waals surface area contributed by atoms with Crippen LogP contribution in [0.15, 0.2) is 30.9 Å². The maximum Gasteiger partial charge on any atom is 0.228 e. The number of hydrogen-bond donors (Lipinski definition) is 3. The van der Waals surface area contributed by atoms with Gasteiger partial charge in [-0.15, -0.1) is 0 Å². The van der Waals surface area contributed by atoms with Gasteiger partial charge in [-0.05, 0) is 49.8 Å². The molecule has 0 amide bonds. The molecule has 30 heavy (non-hydrogen) atoms. The lowest BCUT2D eigenvalue weighted by Gasteiger charge is -2.35. The van der Waals surface area contributed by atoms with Gasteiger partial charge in [0.15, 0.2) is 5.65 Å². The fourth-order valence-corrected chi connectivity index (χ4v) is 4.26. The van der Waals surface area contributed by atoms with E-state index in [1.54, 1.807) is 11.6 Å². The number of ether oxygens (including phenoxy) is 1. The average molecular weight is 407 g/mol. The van der Waals surface area contributed by atoms with E-state index in [1.165, 1.54) is 6.33 Å². The van der Waals surface area contributed by atoms with Gasteiger partial charge in [0.2, 0.25) is 11.8 Å². The van der Waals surface area contributed by atoms with Gasteiger partial charge in [0.25, 0.3) is 0 Å². The molecule has 0 aromatic carbocycles. The van der Waals surface area contributed by atoms with Crippen LogP contribution in [0.2, 0.25) is 0 Å². The second kappa shape index (κ2) is 7.24. The van der Waals surface area contributed by atoms with Crippen LogP contribution in [0.25, 0.3) is 27.8 Å². The summed E-state index contributed by atoms with van der Waals surface area (Å²) in [7, 11) is 1.62. The standard InChI is InChI=1S/C21H25N7O2/c1-3-21(29)7-4-14(5-8-21)25-20-26-18-17(19(27-20)30-2)15(11-22-18)13-6-9-28-16(10-13)23-12-24-28/h6,9-12,14,29H,3-5,7-8H2,1-2H3,(H2,22,25,26,27)/t14-,21+. The predicted octanol–water partition coefficient (Wildman–Crippen LogP) is 3.17. The van der Waals surface area contributed by atoms with Gasteiger partial charge in [-0.25, -0.2) is 9.50 Å². The van der Waals surface area contributed by atoms with Crippen molar-refractivity contribution >= 4 is 22.6 Å². The second-order valence-corrected chi connectivity index (χ2v) is 7.96. The minimum atomic E-state index is -0.527. The summed E-state index contributed by atoms with van der Waals surface area (Å²) in [4.78, 5) is 16.8. The van der Waals surface area contributed by atoms with Crippen LogP contribution < -0.4 is 10.1 Å². The van der Waals surface area contributed by atoms with Crippen molar-refractivity contribution in [1.29, 1.82) is 0 Å². The molecule has 0 atom stereocenters. The third-order valence-electron chi connectivity index (χ3n) is 6.19. The van der Waals surface area contributed by atoms with Gasteiger partial charge in [-0.3, -0.25) is 0 Å². The number of nitrogens with one attached hydrogen (secondary N) is 2. The minimum absolute atomic E-state index is 0.240. The number of aliphatic hydroxyl groups is 1. The fraction of sp³-hybridized carbons (Fsp3) is 0.429. The first kappa shape index (κ1) is 18.8. The summed E-state index contributed by atoms with van der Waals surface area (Å²) in [6.07, 6.45) is 9.47. The number of nitrogens with zero attached hydrogens (tertiary/aromatic N) is 5. The van der Waals surface area contributed by atoms with Gasteiger partial charge in [0.1, 0.15) is 12.0 Å². The minimum Gasteiger partial charge on any atom is -0.480 e. The molecule has 1 fully saturated rings. The van der Waals surface area contributed by atoms with E-state index in [1.807, 2.05) is 31.5 Å². The van der Waals surface area contributed by atoms with Crippen molar-refractivity contribution in [3.05, 3.63) is 30.9 Å². The van der Waals surface area contributed by atoms with Crippen LogP contribution in [-0.2, 0) is 0 Å². The third kappa shape index (κ3) is 3.24. The molecule has 4 heterocycles. The van der Waals surface area contributed by atoms with Crippen LogP contribution in [0.1, 0.15) is 39.0 Å². The molecule has 1 aliphatic rings. The molecule has 0 saturated heterocycles. The Morgan fingerprint density at radius 2 is 2.17 bits per heavy atom. The topological polar surface area (TPSA) is 113 Å². The molecule has 1 aliphatic carbocycles. The molecule has 9 nitrogen and oxygen atoms in total. The number of methoxy groups -OCH3 is 1. The van der Waals surface area contributed by atoms with Crippen molar-refractivity contribution < 1.29 is 9.84 Å². The maximum atomic E-state index is 10.5. The largest absolute Gasteiger partial charge is 0.480 e. The lowest BCUT2D eigenvalue weighted by Crippen LogP contribution is -2.38. The van der Waals surface area contributed by atoms with Gasteiger partial charge in [0.05, 0.1) is 18.1 Å². The predicted molar refractivity (Wildman–Crippen MR) is 114 cm³/mol. The summed E-state index contributed by atoms with van der Waals surface area (Å²) >= 11 is 0. The summed E-state index contributed by atoms with van der Waals surface area (Å²) < 4.78 is 7.34. The zero-order valence-electron chi connectivity index (χ0n) is 17.1. The van der Waals surface area contributed by atoms with E-state index in [2.05, 4.69) is 30.4 Å². The fourth-order valence-electron chi connectivity index (χ4n) is 4.26. The van der Waals surface area contributed by atoms with E-state index < -0.39 is 5.60 Å². The molecular formula is C21H25N7O2. The number of rotatable bonds is 5. The van der Waals surface area contributed by atoms with Crippen molar-refractivity contribution in [2.45, 2.75) is 50.7 Å². The summed E-state index contributed by atoms with van der Waals surface area (Å²) in [5.74, 6) is 1.05. The number of anilines is 1. The Kier molecular flexibility index (Phi) is 4.54. The highest BCUT2D eigenvalue weighted by atomic mass is 16.5. The van der Waals surface area contributed by atoms with Crippen molar-refractivity contribution in [2.24, 2.45) is 0 Å². The number of pyridine rings is 1. The highest BCUT2D eigenvalue weighted by Crippen LogP contribution is 2.36. The number of fused-ring (bicyclic) bond motifs is 2. The lowest BCUT2D eigenvalue weighted by molar-refractivity contribution is -0.00198. The van der Waals surface area contributed by atoms with Crippen LogP contribution in [-0.4, -0.2) is 53.4 Å². The van der Waals surface area contributed by atoms with Crippen molar-refractivity contribution in [2.75, 3.05) is 12.4 Å². The van der Waals surface area contributed by atoms with Gasteiger partial charge in [-0.1, -0.05) is 6.92 Å². The Morgan fingerprint density at radius 3 is 2.93 bits per heavy atom. The van der Waals surface area contributed by atoms with Crippen LogP contribution in [0.3, 0.4) is 0 Å². The lowest BCUT2D eigenvalue weighted by atomic mass is 9.80. The van der Waals surface area contributed by atoms with E-state index >= 15 is 0 Å². The number of aromatic nitrogens is 6. The smallest absolute Gasteiger partial charge is 0.228 e. The van der Waals surface area contributed by atoms with Crippen molar-refractivity contribution in [3.63, 3.8) is 0 Å². The van der Waals surface area contributed by atoms with E-state index in [-0.39, 0.29) is 6.04 Å². The quantitative estimate of drug-likeness (QED) is 0.466. The van der Waals surface area contributed by atoms with E-state index in [0.717, 1.165) is 54.3 Å². The molecule has 3 N–H and O–H groups in total. The monoisotopic (exact) mass is 407 g/mol. The molecule has 1 saturated carbocycles. The van der Waals surface area contributed by atoms with Crippen molar-refractivity contribution in [3.8, 4) is 17.0 Å². The Balaban J connectivity index is 1.46.